The summed E-state index contributed by atoms with van der Waals surface area (Å²) < 4.78 is 0. The van der Waals surface area contributed by atoms with E-state index in [1.165, 1.54) is 51.4 Å². The van der Waals surface area contributed by atoms with Crippen LogP contribution in [0.4, 0.5) is 0 Å². The Balaban J connectivity index is 1.29. The first-order chi connectivity index (χ1) is 13.9. The number of aliphatic hydroxyl groups is 1. The first-order valence-electron chi connectivity index (χ1n) is 12.2. The number of Topliss-reactive ketones (excluding diaryl/α,β-unsaturated/α-hetero) is 1. The lowest BCUT2D eigenvalue weighted by Crippen LogP contribution is -2.51. The Morgan fingerprint density at radius 2 is 1.79 bits per heavy atom. The number of hydrogen-bond acceptors (Lipinski definition) is 3. The van der Waals surface area contributed by atoms with Gasteiger partial charge in [0, 0.05) is 11.8 Å². The molecule has 0 aromatic heterocycles. The van der Waals surface area contributed by atoms with Crippen LogP contribution in [-0.2, 0) is 4.79 Å². The van der Waals surface area contributed by atoms with E-state index >= 15 is 0 Å². The highest BCUT2D eigenvalue weighted by Crippen LogP contribution is 2.64. The minimum absolute atomic E-state index is 0.256. The molecule has 0 aromatic rings. The second-order valence-electron chi connectivity index (χ2n) is 11.3. The number of ketones is 1. The van der Waals surface area contributed by atoms with Crippen LogP contribution >= 0.6 is 11.8 Å². The van der Waals surface area contributed by atoms with Crippen LogP contribution in [0.15, 0.2) is 0 Å². The van der Waals surface area contributed by atoms with Crippen LogP contribution in [0.25, 0.3) is 0 Å². The molecule has 0 spiro atoms. The summed E-state index contributed by atoms with van der Waals surface area (Å²) in [7, 11) is 0. The Morgan fingerprint density at radius 1 is 1.00 bits per heavy atom. The second kappa shape index (κ2) is 7.59. The van der Waals surface area contributed by atoms with Gasteiger partial charge in [-0.2, -0.15) is 11.8 Å². The van der Waals surface area contributed by atoms with Crippen molar-refractivity contribution in [3.8, 4) is 11.8 Å². The first kappa shape index (κ1) is 20.4. The number of fused-ring (bicyclic) bond motifs is 5. The Kier molecular flexibility index (Phi) is 5.35. The van der Waals surface area contributed by atoms with Gasteiger partial charge in [0.25, 0.3) is 0 Å². The predicted molar refractivity (Wildman–Crippen MR) is 119 cm³/mol. The summed E-state index contributed by atoms with van der Waals surface area (Å²) in [6.07, 6.45) is 15.1. The van der Waals surface area contributed by atoms with E-state index in [4.69, 9.17) is 0 Å². The molecule has 0 radical (unpaired) electrons. The SMILES string of the molecule is CSCC(=O)[C@H]1CC[C@H]2[C@@H]3CC[C@@H]4C[C@](O)(C#CC5CC5)CC[C@@H]4[C@H]3CC[C@]12C. The fourth-order valence-corrected chi connectivity index (χ4v) is 8.71. The Labute approximate surface area is 181 Å². The molecule has 2 nitrogen and oxygen atoms in total. The Morgan fingerprint density at radius 3 is 2.55 bits per heavy atom. The predicted octanol–water partition coefficient (Wildman–Crippen LogP) is 5.33. The molecule has 0 saturated heterocycles. The molecule has 160 valence electrons. The molecule has 5 rings (SSSR count). The van der Waals surface area contributed by atoms with E-state index in [-0.39, 0.29) is 5.41 Å². The van der Waals surface area contributed by atoms with E-state index in [1.54, 1.807) is 11.8 Å². The fraction of sp³-hybridized carbons (Fsp3) is 0.885. The molecule has 0 bridgehead atoms. The van der Waals surface area contributed by atoms with Gasteiger partial charge in [-0.25, -0.2) is 0 Å². The Hall–Kier alpha value is -0.460. The first-order valence-corrected chi connectivity index (χ1v) is 13.6. The number of rotatable bonds is 3. The zero-order valence-electron chi connectivity index (χ0n) is 18.3. The molecule has 0 heterocycles. The maximum atomic E-state index is 12.8. The van der Waals surface area contributed by atoms with E-state index in [1.807, 2.05) is 0 Å². The molecule has 5 fully saturated rings. The van der Waals surface area contributed by atoms with Crippen LogP contribution in [0, 0.1) is 58.7 Å². The number of hydrogen-bond donors (Lipinski definition) is 1. The van der Waals surface area contributed by atoms with Crippen molar-refractivity contribution in [1.82, 2.24) is 0 Å². The highest BCUT2D eigenvalue weighted by atomic mass is 32.2. The van der Waals surface area contributed by atoms with Crippen LogP contribution in [0.2, 0.25) is 0 Å². The van der Waals surface area contributed by atoms with Crippen molar-refractivity contribution in [3.63, 3.8) is 0 Å². The van der Waals surface area contributed by atoms with Gasteiger partial charge in [0.1, 0.15) is 11.4 Å². The molecule has 8 atom stereocenters. The summed E-state index contributed by atoms with van der Waals surface area (Å²) in [5.41, 5.74) is -0.450. The van der Waals surface area contributed by atoms with Crippen LogP contribution in [-0.4, -0.2) is 28.5 Å². The van der Waals surface area contributed by atoms with Gasteiger partial charge in [0.2, 0.25) is 0 Å². The van der Waals surface area contributed by atoms with E-state index in [0.29, 0.717) is 29.3 Å². The number of thioether (sulfide) groups is 1. The molecule has 0 unspecified atom stereocenters. The molecule has 5 aliphatic carbocycles. The van der Waals surface area contributed by atoms with Gasteiger partial charge in [0.15, 0.2) is 0 Å². The second-order valence-corrected chi connectivity index (χ2v) is 12.2. The van der Waals surface area contributed by atoms with Gasteiger partial charge < -0.3 is 5.11 Å². The summed E-state index contributed by atoms with van der Waals surface area (Å²) in [5, 5.41) is 11.1. The molecule has 29 heavy (non-hydrogen) atoms. The fourth-order valence-electron chi connectivity index (χ4n) is 8.23. The summed E-state index contributed by atoms with van der Waals surface area (Å²) in [4.78, 5) is 12.8. The van der Waals surface area contributed by atoms with E-state index < -0.39 is 5.60 Å². The van der Waals surface area contributed by atoms with Gasteiger partial charge in [0.05, 0.1) is 5.75 Å². The molecule has 0 aliphatic heterocycles. The summed E-state index contributed by atoms with van der Waals surface area (Å²) >= 11 is 1.70. The molecular weight excluding hydrogens is 376 g/mol. The topological polar surface area (TPSA) is 37.3 Å². The highest BCUT2D eigenvalue weighted by molar-refractivity contribution is 7.99. The van der Waals surface area contributed by atoms with Crippen molar-refractivity contribution < 1.29 is 9.90 Å². The molecule has 3 heteroatoms. The van der Waals surface area contributed by atoms with Crippen LogP contribution in [0.5, 0.6) is 0 Å². The summed E-state index contributed by atoms with van der Waals surface area (Å²) in [6.45, 7) is 2.46. The maximum Gasteiger partial charge on any atom is 0.146 e. The quantitative estimate of drug-likeness (QED) is 0.634. The van der Waals surface area contributed by atoms with E-state index in [0.717, 1.165) is 42.9 Å². The third-order valence-electron chi connectivity index (χ3n) is 9.77. The Bertz CT molecular complexity index is 718. The molecule has 1 N–H and O–H groups in total. The lowest BCUT2D eigenvalue weighted by atomic mass is 9.49. The van der Waals surface area contributed by atoms with Crippen molar-refractivity contribution in [2.75, 3.05) is 12.0 Å². The lowest BCUT2D eigenvalue weighted by Gasteiger charge is -2.56. The average molecular weight is 415 g/mol. The minimum Gasteiger partial charge on any atom is -0.378 e. The molecule has 0 aromatic carbocycles. The summed E-state index contributed by atoms with van der Waals surface area (Å²) in [5.74, 6) is 12.6. The standard InChI is InChI=1S/C26H38O2S/c1-25-12-10-20-19-11-14-26(28,13-9-17-3-4-17)15-18(19)5-6-21(20)22(25)7-8-23(25)24(27)16-29-2/h17-23,28H,3-8,10-12,14-16H2,1-2H3/t18-,19+,20-,21-,22+,23-,25+,26+/m1/s1. The highest BCUT2D eigenvalue weighted by Gasteiger charge is 2.58. The number of carbonyl (C=O) groups excluding carboxylic acids is 1. The van der Waals surface area contributed by atoms with Crippen LogP contribution in [0.1, 0.15) is 77.6 Å². The smallest absolute Gasteiger partial charge is 0.146 e. The third-order valence-corrected chi connectivity index (χ3v) is 10.3. The normalized spacial score (nSPS) is 48.7. The third kappa shape index (κ3) is 3.61. The van der Waals surface area contributed by atoms with Gasteiger partial charge in [-0.15, -0.1) is 0 Å². The van der Waals surface area contributed by atoms with Crippen LogP contribution in [0.3, 0.4) is 0 Å². The summed E-state index contributed by atoms with van der Waals surface area (Å²) in [6, 6.07) is 0. The van der Waals surface area contributed by atoms with Gasteiger partial charge in [-0.3, -0.25) is 4.79 Å². The average Bonchev–Trinajstić information content (AvgIpc) is 3.46. The van der Waals surface area contributed by atoms with Gasteiger partial charge in [-0.1, -0.05) is 18.8 Å². The maximum absolute atomic E-state index is 12.8. The lowest BCUT2D eigenvalue weighted by molar-refractivity contribution is -0.129. The zero-order chi connectivity index (χ0) is 20.2. The minimum atomic E-state index is -0.706. The molecular formula is C26H38O2S. The zero-order valence-corrected chi connectivity index (χ0v) is 19.1. The number of carbonyl (C=O) groups is 1. The van der Waals surface area contributed by atoms with Gasteiger partial charge in [-0.05, 0) is 112 Å². The van der Waals surface area contributed by atoms with Crippen molar-refractivity contribution in [2.24, 2.45) is 46.8 Å². The van der Waals surface area contributed by atoms with Crippen LogP contribution < -0.4 is 0 Å². The monoisotopic (exact) mass is 414 g/mol. The molecule has 5 aliphatic rings. The van der Waals surface area contributed by atoms with E-state index in [9.17, 15) is 9.90 Å². The molecule has 0 amide bonds. The van der Waals surface area contributed by atoms with E-state index in [2.05, 4.69) is 25.0 Å². The van der Waals surface area contributed by atoms with Crippen molar-refractivity contribution in [2.45, 2.75) is 83.2 Å². The largest absolute Gasteiger partial charge is 0.378 e. The van der Waals surface area contributed by atoms with Crippen molar-refractivity contribution >= 4 is 17.5 Å². The van der Waals surface area contributed by atoms with Crippen molar-refractivity contribution in [1.29, 1.82) is 0 Å². The van der Waals surface area contributed by atoms with Crippen molar-refractivity contribution in [3.05, 3.63) is 0 Å². The molecule has 5 saturated carbocycles. The van der Waals surface area contributed by atoms with Gasteiger partial charge >= 0.3 is 0 Å².